The van der Waals surface area contributed by atoms with Crippen LogP contribution in [0.1, 0.15) is 50.1 Å². The third kappa shape index (κ3) is 5.14. The molecule has 0 spiro atoms. The average Bonchev–Trinajstić information content (AvgIpc) is 2.69. The summed E-state index contributed by atoms with van der Waals surface area (Å²) in [6.45, 7) is 10.4. The standard InChI is InChI=1S/C28H23NS/c1-19-14-20(2)27(21(3)15-19)13-12-25-8-6-24(7-9-25)10-11-26-16-22(4)28(29-18-30)23(5)17-26/h6-9,14-17H,1-5H3. The lowest BCUT2D eigenvalue weighted by Gasteiger charge is -2.04. The van der Waals surface area contributed by atoms with E-state index in [1.807, 2.05) is 50.2 Å². The van der Waals surface area contributed by atoms with Crippen LogP contribution in [-0.4, -0.2) is 5.16 Å². The van der Waals surface area contributed by atoms with Crippen LogP contribution in [-0.2, 0) is 0 Å². The molecule has 0 N–H and O–H groups in total. The molecule has 146 valence electrons. The van der Waals surface area contributed by atoms with E-state index < -0.39 is 0 Å². The van der Waals surface area contributed by atoms with Gasteiger partial charge in [0.2, 0.25) is 0 Å². The molecule has 0 radical (unpaired) electrons. The smallest absolute Gasteiger partial charge is 0.0798 e. The van der Waals surface area contributed by atoms with Crippen molar-refractivity contribution in [2.45, 2.75) is 34.6 Å². The lowest BCUT2D eigenvalue weighted by atomic mass is 10.00. The monoisotopic (exact) mass is 405 g/mol. The second-order valence-corrected chi connectivity index (χ2v) is 7.70. The van der Waals surface area contributed by atoms with E-state index in [-0.39, 0.29) is 0 Å². The summed E-state index contributed by atoms with van der Waals surface area (Å²) in [6.07, 6.45) is 0. The summed E-state index contributed by atoms with van der Waals surface area (Å²) in [5.41, 5.74) is 10.7. The molecule has 0 aliphatic heterocycles. The van der Waals surface area contributed by atoms with E-state index in [9.17, 15) is 0 Å². The van der Waals surface area contributed by atoms with Crippen molar-refractivity contribution in [2.75, 3.05) is 0 Å². The molecular formula is C28H23NS. The molecule has 3 aromatic rings. The number of hydrogen-bond acceptors (Lipinski definition) is 2. The zero-order chi connectivity index (χ0) is 21.7. The summed E-state index contributed by atoms with van der Waals surface area (Å²) >= 11 is 4.72. The Bertz CT molecular complexity index is 1240. The summed E-state index contributed by atoms with van der Waals surface area (Å²) in [4.78, 5) is 4.13. The van der Waals surface area contributed by atoms with Gasteiger partial charge >= 0.3 is 0 Å². The van der Waals surface area contributed by atoms with Crippen molar-refractivity contribution in [3.63, 3.8) is 0 Å². The van der Waals surface area contributed by atoms with Crippen LogP contribution >= 0.6 is 12.2 Å². The molecule has 0 heterocycles. The topological polar surface area (TPSA) is 12.4 Å². The van der Waals surface area contributed by atoms with Gasteiger partial charge in [-0.3, -0.25) is 0 Å². The van der Waals surface area contributed by atoms with Crippen molar-refractivity contribution in [1.82, 2.24) is 0 Å². The van der Waals surface area contributed by atoms with E-state index in [0.717, 1.165) is 39.1 Å². The van der Waals surface area contributed by atoms with E-state index in [0.29, 0.717) is 0 Å². The number of aliphatic imine (C=N–C) groups is 1. The highest BCUT2D eigenvalue weighted by molar-refractivity contribution is 7.78. The Labute approximate surface area is 184 Å². The molecule has 1 nitrogen and oxygen atoms in total. The predicted octanol–water partition coefficient (Wildman–Crippen LogP) is 6.76. The maximum Gasteiger partial charge on any atom is 0.0798 e. The number of isothiocyanates is 1. The van der Waals surface area contributed by atoms with Crippen LogP contribution in [0.3, 0.4) is 0 Å². The number of nitrogens with zero attached hydrogens (tertiary/aromatic N) is 1. The van der Waals surface area contributed by atoms with Crippen LogP contribution < -0.4 is 0 Å². The third-order valence-corrected chi connectivity index (χ3v) is 4.98. The maximum atomic E-state index is 4.72. The molecule has 0 atom stereocenters. The summed E-state index contributed by atoms with van der Waals surface area (Å²) in [5.74, 6) is 13.1. The van der Waals surface area contributed by atoms with Crippen LogP contribution in [0.15, 0.2) is 53.5 Å². The van der Waals surface area contributed by atoms with Crippen LogP contribution in [0.25, 0.3) is 0 Å². The molecule has 0 saturated heterocycles. The first-order valence-corrected chi connectivity index (χ1v) is 10.2. The highest BCUT2D eigenvalue weighted by Gasteiger charge is 2.03. The molecule has 30 heavy (non-hydrogen) atoms. The number of rotatable bonds is 1. The largest absolute Gasteiger partial charge is 0.194 e. The molecule has 0 aliphatic rings. The minimum Gasteiger partial charge on any atom is -0.194 e. The molecule has 0 bridgehead atoms. The highest BCUT2D eigenvalue weighted by Crippen LogP contribution is 2.24. The quantitative estimate of drug-likeness (QED) is 0.247. The van der Waals surface area contributed by atoms with Gasteiger partial charge < -0.3 is 0 Å². The lowest BCUT2D eigenvalue weighted by Crippen LogP contribution is -1.89. The van der Waals surface area contributed by atoms with E-state index in [1.165, 1.54) is 16.7 Å². The number of aryl methyl sites for hydroxylation is 5. The number of hydrogen-bond donors (Lipinski definition) is 0. The second-order valence-electron chi connectivity index (χ2n) is 7.51. The molecule has 0 unspecified atom stereocenters. The Balaban J connectivity index is 1.82. The molecule has 0 saturated carbocycles. The van der Waals surface area contributed by atoms with Gasteiger partial charge in [0, 0.05) is 22.3 Å². The SMILES string of the molecule is Cc1cc(C)c(C#Cc2ccc(C#Cc3cc(C)c(N=C=S)c(C)c3)cc2)c(C)c1. The Hall–Kier alpha value is -3.42. The van der Waals surface area contributed by atoms with Gasteiger partial charge in [0.15, 0.2) is 0 Å². The van der Waals surface area contributed by atoms with Gasteiger partial charge in [-0.2, -0.15) is 4.99 Å². The first kappa shape index (κ1) is 21.3. The summed E-state index contributed by atoms with van der Waals surface area (Å²) < 4.78 is 0. The molecule has 0 fully saturated rings. The van der Waals surface area contributed by atoms with Gasteiger partial charge in [-0.15, -0.1) is 0 Å². The Kier molecular flexibility index (Phi) is 6.66. The van der Waals surface area contributed by atoms with Gasteiger partial charge in [-0.25, -0.2) is 0 Å². The molecule has 0 aliphatic carbocycles. The normalized spacial score (nSPS) is 9.63. The van der Waals surface area contributed by atoms with Gasteiger partial charge in [0.25, 0.3) is 0 Å². The van der Waals surface area contributed by atoms with E-state index >= 15 is 0 Å². The molecule has 0 aromatic heterocycles. The Morgan fingerprint density at radius 1 is 0.600 bits per heavy atom. The van der Waals surface area contributed by atoms with Crippen LogP contribution in [0.4, 0.5) is 5.69 Å². The van der Waals surface area contributed by atoms with E-state index in [4.69, 9.17) is 12.2 Å². The summed E-state index contributed by atoms with van der Waals surface area (Å²) in [7, 11) is 0. The highest BCUT2D eigenvalue weighted by atomic mass is 32.1. The Morgan fingerprint density at radius 3 is 1.57 bits per heavy atom. The van der Waals surface area contributed by atoms with Gasteiger partial charge in [-0.1, -0.05) is 41.4 Å². The fourth-order valence-corrected chi connectivity index (χ4v) is 3.63. The molecular weight excluding hydrogens is 382 g/mol. The van der Waals surface area contributed by atoms with Crippen LogP contribution in [0.2, 0.25) is 0 Å². The first-order valence-electron chi connectivity index (χ1n) is 9.78. The van der Waals surface area contributed by atoms with Crippen LogP contribution in [0, 0.1) is 58.3 Å². The fraction of sp³-hybridized carbons (Fsp3) is 0.179. The lowest BCUT2D eigenvalue weighted by molar-refractivity contribution is 1.30. The van der Waals surface area contributed by atoms with Crippen molar-refractivity contribution in [3.8, 4) is 23.7 Å². The van der Waals surface area contributed by atoms with Gasteiger partial charge in [-0.05, 0) is 105 Å². The molecule has 0 amide bonds. The number of benzene rings is 3. The fourth-order valence-electron chi connectivity index (χ4n) is 3.54. The predicted molar refractivity (Wildman–Crippen MR) is 130 cm³/mol. The first-order chi connectivity index (χ1) is 14.4. The summed E-state index contributed by atoms with van der Waals surface area (Å²) in [6, 6.07) is 16.5. The van der Waals surface area contributed by atoms with Crippen molar-refractivity contribution < 1.29 is 0 Å². The van der Waals surface area contributed by atoms with E-state index in [1.54, 1.807) is 0 Å². The summed E-state index contributed by atoms with van der Waals surface area (Å²) in [5, 5.41) is 2.44. The van der Waals surface area contributed by atoms with Crippen LogP contribution in [0.5, 0.6) is 0 Å². The van der Waals surface area contributed by atoms with Crippen molar-refractivity contribution in [3.05, 3.63) is 98.6 Å². The zero-order valence-electron chi connectivity index (χ0n) is 18.0. The van der Waals surface area contributed by atoms with Crippen molar-refractivity contribution in [2.24, 2.45) is 4.99 Å². The maximum absolute atomic E-state index is 4.72. The zero-order valence-corrected chi connectivity index (χ0v) is 18.8. The minimum atomic E-state index is 0.873. The molecule has 3 rings (SSSR count). The third-order valence-electron chi connectivity index (χ3n) is 4.89. The Morgan fingerprint density at radius 2 is 1.07 bits per heavy atom. The van der Waals surface area contributed by atoms with Crippen molar-refractivity contribution >= 4 is 23.1 Å². The molecule has 2 heteroatoms. The number of thiocarbonyl (C=S) groups is 1. The minimum absolute atomic E-state index is 0.873. The second kappa shape index (κ2) is 9.39. The van der Waals surface area contributed by atoms with E-state index in [2.05, 4.69) is 66.7 Å². The van der Waals surface area contributed by atoms with Crippen molar-refractivity contribution in [1.29, 1.82) is 0 Å². The van der Waals surface area contributed by atoms with Gasteiger partial charge in [0.1, 0.15) is 0 Å². The average molecular weight is 406 g/mol. The molecule has 3 aromatic carbocycles. The van der Waals surface area contributed by atoms with Gasteiger partial charge in [0.05, 0.1) is 10.8 Å².